The van der Waals surface area contributed by atoms with Crippen LogP contribution in [0.2, 0.25) is 0 Å². The van der Waals surface area contributed by atoms with E-state index in [9.17, 15) is 0 Å². The Morgan fingerprint density at radius 3 is 2.94 bits per heavy atom. The standard InChI is InChI=1S/C13H21N3O/c1-3-6-14-7-12-8-15-13(16-10(12)2)17-9-11-4-5-11/h8,11,14H,3-7,9H2,1-2H3. The predicted molar refractivity (Wildman–Crippen MR) is 67.0 cm³/mol. The molecule has 0 aliphatic heterocycles. The molecule has 4 heteroatoms. The number of hydrogen-bond donors (Lipinski definition) is 1. The van der Waals surface area contributed by atoms with Gasteiger partial charge in [-0.15, -0.1) is 0 Å². The minimum Gasteiger partial charge on any atom is -0.463 e. The third-order valence-electron chi connectivity index (χ3n) is 2.95. The van der Waals surface area contributed by atoms with Crippen LogP contribution in [0.4, 0.5) is 0 Å². The maximum absolute atomic E-state index is 5.55. The second-order valence-electron chi connectivity index (χ2n) is 4.69. The first-order valence-corrected chi connectivity index (χ1v) is 6.45. The molecule has 1 N–H and O–H groups in total. The number of aryl methyl sites for hydroxylation is 1. The lowest BCUT2D eigenvalue weighted by molar-refractivity contribution is 0.275. The molecule has 0 bridgehead atoms. The lowest BCUT2D eigenvalue weighted by atomic mass is 10.2. The molecule has 0 spiro atoms. The first-order valence-electron chi connectivity index (χ1n) is 6.45. The Balaban J connectivity index is 1.85. The van der Waals surface area contributed by atoms with Crippen LogP contribution in [0.3, 0.4) is 0 Å². The molecule has 1 saturated carbocycles. The summed E-state index contributed by atoms with van der Waals surface area (Å²) in [7, 11) is 0. The lowest BCUT2D eigenvalue weighted by Gasteiger charge is -2.08. The molecule has 1 aromatic heterocycles. The van der Waals surface area contributed by atoms with E-state index in [2.05, 4.69) is 22.2 Å². The van der Waals surface area contributed by atoms with Crippen LogP contribution >= 0.6 is 0 Å². The fraction of sp³-hybridized carbons (Fsp3) is 0.692. The number of ether oxygens (including phenoxy) is 1. The van der Waals surface area contributed by atoms with Crippen molar-refractivity contribution in [2.75, 3.05) is 13.2 Å². The van der Waals surface area contributed by atoms with Crippen LogP contribution in [0.15, 0.2) is 6.20 Å². The Labute approximate surface area is 103 Å². The van der Waals surface area contributed by atoms with Crippen molar-refractivity contribution in [1.29, 1.82) is 0 Å². The average Bonchev–Trinajstić information content (AvgIpc) is 3.13. The highest BCUT2D eigenvalue weighted by Gasteiger charge is 2.22. The Hall–Kier alpha value is -1.16. The Morgan fingerprint density at radius 1 is 1.47 bits per heavy atom. The molecule has 4 nitrogen and oxygen atoms in total. The molecule has 0 unspecified atom stereocenters. The quantitative estimate of drug-likeness (QED) is 0.735. The van der Waals surface area contributed by atoms with Gasteiger partial charge in [-0.1, -0.05) is 6.92 Å². The van der Waals surface area contributed by atoms with Crippen molar-refractivity contribution < 1.29 is 4.74 Å². The molecule has 0 amide bonds. The molecule has 1 heterocycles. The zero-order chi connectivity index (χ0) is 12.1. The van der Waals surface area contributed by atoms with E-state index in [0.29, 0.717) is 6.01 Å². The summed E-state index contributed by atoms with van der Waals surface area (Å²) in [5, 5.41) is 3.35. The number of hydrogen-bond acceptors (Lipinski definition) is 4. The van der Waals surface area contributed by atoms with Gasteiger partial charge in [0.25, 0.3) is 0 Å². The molecular weight excluding hydrogens is 214 g/mol. The van der Waals surface area contributed by atoms with E-state index in [4.69, 9.17) is 4.74 Å². The molecule has 0 saturated heterocycles. The molecule has 1 aliphatic carbocycles. The van der Waals surface area contributed by atoms with Crippen LogP contribution in [0.25, 0.3) is 0 Å². The van der Waals surface area contributed by atoms with Gasteiger partial charge in [0.05, 0.1) is 6.61 Å². The zero-order valence-corrected chi connectivity index (χ0v) is 10.7. The van der Waals surface area contributed by atoms with Crippen LogP contribution in [0.1, 0.15) is 37.4 Å². The molecule has 0 radical (unpaired) electrons. The van der Waals surface area contributed by atoms with Crippen LogP contribution < -0.4 is 10.1 Å². The molecule has 1 aliphatic rings. The summed E-state index contributed by atoms with van der Waals surface area (Å²) in [5.74, 6) is 0.741. The van der Waals surface area contributed by atoms with Gasteiger partial charge in [-0.2, -0.15) is 0 Å². The van der Waals surface area contributed by atoms with E-state index in [1.807, 2.05) is 13.1 Å². The molecule has 1 aromatic rings. The van der Waals surface area contributed by atoms with Gasteiger partial charge in [-0.05, 0) is 38.6 Å². The Morgan fingerprint density at radius 2 is 2.29 bits per heavy atom. The number of nitrogens with one attached hydrogen (secondary N) is 1. The van der Waals surface area contributed by atoms with Crippen molar-refractivity contribution >= 4 is 0 Å². The fourth-order valence-electron chi connectivity index (χ4n) is 1.59. The molecule has 0 atom stereocenters. The number of nitrogens with zero attached hydrogens (tertiary/aromatic N) is 2. The van der Waals surface area contributed by atoms with E-state index in [-0.39, 0.29) is 0 Å². The van der Waals surface area contributed by atoms with Gasteiger partial charge in [-0.25, -0.2) is 9.97 Å². The van der Waals surface area contributed by atoms with Gasteiger partial charge in [0, 0.05) is 24.0 Å². The maximum Gasteiger partial charge on any atom is 0.316 e. The van der Waals surface area contributed by atoms with Crippen molar-refractivity contribution in [2.45, 2.75) is 39.7 Å². The van der Waals surface area contributed by atoms with Crippen molar-refractivity contribution in [3.63, 3.8) is 0 Å². The van der Waals surface area contributed by atoms with E-state index in [0.717, 1.165) is 43.3 Å². The van der Waals surface area contributed by atoms with Crippen LogP contribution in [-0.2, 0) is 6.54 Å². The summed E-state index contributed by atoms with van der Waals surface area (Å²) in [5.41, 5.74) is 2.16. The Kier molecular flexibility index (Phi) is 4.31. The minimum atomic E-state index is 0.522. The van der Waals surface area contributed by atoms with E-state index in [1.165, 1.54) is 12.8 Å². The first kappa shape index (κ1) is 12.3. The second-order valence-corrected chi connectivity index (χ2v) is 4.69. The first-order chi connectivity index (χ1) is 8.29. The lowest BCUT2D eigenvalue weighted by Crippen LogP contribution is -2.15. The smallest absolute Gasteiger partial charge is 0.316 e. The Bertz CT molecular complexity index is 364. The van der Waals surface area contributed by atoms with Crippen molar-refractivity contribution in [1.82, 2.24) is 15.3 Å². The summed E-state index contributed by atoms with van der Waals surface area (Å²) >= 11 is 0. The summed E-state index contributed by atoms with van der Waals surface area (Å²) in [6, 6.07) is 0.522. The monoisotopic (exact) mass is 235 g/mol. The zero-order valence-electron chi connectivity index (χ0n) is 10.7. The topological polar surface area (TPSA) is 47.0 Å². The maximum atomic E-state index is 5.55. The summed E-state index contributed by atoms with van der Waals surface area (Å²) in [6.45, 7) is 6.80. The second kappa shape index (κ2) is 5.96. The highest BCUT2D eigenvalue weighted by Crippen LogP contribution is 2.28. The summed E-state index contributed by atoms with van der Waals surface area (Å²) < 4.78 is 5.55. The van der Waals surface area contributed by atoms with Crippen molar-refractivity contribution in [3.8, 4) is 6.01 Å². The molecule has 17 heavy (non-hydrogen) atoms. The van der Waals surface area contributed by atoms with Gasteiger partial charge in [0.1, 0.15) is 0 Å². The molecular formula is C13H21N3O. The third kappa shape index (κ3) is 3.97. The summed E-state index contributed by atoms with van der Waals surface area (Å²) in [4.78, 5) is 8.62. The van der Waals surface area contributed by atoms with Gasteiger partial charge in [-0.3, -0.25) is 0 Å². The average molecular weight is 235 g/mol. The molecule has 94 valence electrons. The SMILES string of the molecule is CCCNCc1cnc(OCC2CC2)nc1C. The van der Waals surface area contributed by atoms with Crippen molar-refractivity contribution in [3.05, 3.63) is 17.5 Å². The van der Waals surface area contributed by atoms with Crippen LogP contribution in [0.5, 0.6) is 6.01 Å². The van der Waals surface area contributed by atoms with Crippen LogP contribution in [-0.4, -0.2) is 23.1 Å². The largest absolute Gasteiger partial charge is 0.463 e. The third-order valence-corrected chi connectivity index (χ3v) is 2.95. The van der Waals surface area contributed by atoms with E-state index >= 15 is 0 Å². The minimum absolute atomic E-state index is 0.522. The van der Waals surface area contributed by atoms with E-state index in [1.54, 1.807) is 0 Å². The summed E-state index contributed by atoms with van der Waals surface area (Å²) in [6.07, 6.45) is 5.59. The van der Waals surface area contributed by atoms with Gasteiger partial charge in [0.2, 0.25) is 0 Å². The van der Waals surface area contributed by atoms with Crippen molar-refractivity contribution in [2.24, 2.45) is 5.92 Å². The van der Waals surface area contributed by atoms with Gasteiger partial charge in [0.15, 0.2) is 0 Å². The predicted octanol–water partition coefficient (Wildman–Crippen LogP) is 2.07. The van der Waals surface area contributed by atoms with Gasteiger partial charge >= 0.3 is 6.01 Å². The molecule has 2 rings (SSSR count). The highest BCUT2D eigenvalue weighted by atomic mass is 16.5. The van der Waals surface area contributed by atoms with Crippen LogP contribution in [0, 0.1) is 12.8 Å². The molecule has 0 aromatic carbocycles. The fourth-order valence-corrected chi connectivity index (χ4v) is 1.59. The van der Waals surface area contributed by atoms with E-state index < -0.39 is 0 Å². The highest BCUT2D eigenvalue weighted by molar-refractivity contribution is 5.17. The number of aromatic nitrogens is 2. The van der Waals surface area contributed by atoms with Gasteiger partial charge < -0.3 is 10.1 Å². The normalized spacial score (nSPS) is 14.9. The molecule has 1 fully saturated rings. The number of rotatable bonds is 7.